The lowest BCUT2D eigenvalue weighted by Gasteiger charge is -2.10. The number of rotatable bonds is 4. The van der Waals surface area contributed by atoms with Gasteiger partial charge in [0, 0.05) is 17.2 Å². The molecule has 1 aliphatic carbocycles. The van der Waals surface area contributed by atoms with E-state index < -0.39 is 0 Å². The van der Waals surface area contributed by atoms with Crippen molar-refractivity contribution in [1.29, 1.82) is 0 Å². The second-order valence-electron chi connectivity index (χ2n) is 5.64. The molecular weight excluding hydrogens is 282 g/mol. The zero-order valence-corrected chi connectivity index (χ0v) is 12.0. The minimum atomic E-state index is -0.175. The molecule has 112 valence electrons. The van der Waals surface area contributed by atoms with Crippen molar-refractivity contribution in [1.82, 2.24) is 25.9 Å². The number of furan rings is 1. The van der Waals surface area contributed by atoms with Gasteiger partial charge in [0.15, 0.2) is 5.82 Å². The van der Waals surface area contributed by atoms with Crippen LogP contribution in [0.4, 0.5) is 0 Å². The Labute approximate surface area is 126 Å². The molecule has 0 saturated heterocycles. The molecule has 3 aromatic rings. The first-order chi connectivity index (χ1) is 10.7. The number of H-pyrrole nitrogens is 1. The molecule has 1 aromatic carbocycles. The van der Waals surface area contributed by atoms with Gasteiger partial charge in [0.1, 0.15) is 11.3 Å². The van der Waals surface area contributed by atoms with Gasteiger partial charge in [0.25, 0.3) is 0 Å². The monoisotopic (exact) mass is 297 g/mol. The number of para-hydroxylation sites is 1. The summed E-state index contributed by atoms with van der Waals surface area (Å²) in [6.07, 6.45) is 0.762. The van der Waals surface area contributed by atoms with Crippen LogP contribution >= 0.6 is 0 Å². The molecule has 22 heavy (non-hydrogen) atoms. The summed E-state index contributed by atoms with van der Waals surface area (Å²) in [6, 6.07) is 9.59. The maximum Gasteiger partial charge on any atom is 0.224 e. The van der Waals surface area contributed by atoms with Crippen LogP contribution in [-0.2, 0) is 4.79 Å². The van der Waals surface area contributed by atoms with Gasteiger partial charge in [0.2, 0.25) is 5.91 Å². The number of hydrogen-bond donors (Lipinski definition) is 2. The SMILES string of the molecule is C[C@H](NC(=O)[C@@H]1C[C@@H]1c1nn[nH]n1)c1cc2ccccc2o1. The van der Waals surface area contributed by atoms with E-state index in [0.717, 1.165) is 23.2 Å². The number of carbonyl (C=O) groups excluding carboxylic acids is 1. The van der Waals surface area contributed by atoms with Crippen LogP contribution in [-0.4, -0.2) is 26.5 Å². The molecule has 2 heterocycles. The zero-order chi connectivity index (χ0) is 15.1. The Morgan fingerprint density at radius 1 is 1.45 bits per heavy atom. The highest BCUT2D eigenvalue weighted by Crippen LogP contribution is 2.46. The van der Waals surface area contributed by atoms with Crippen molar-refractivity contribution in [3.63, 3.8) is 0 Å². The average Bonchev–Trinajstić information content (AvgIpc) is 2.97. The van der Waals surface area contributed by atoms with Gasteiger partial charge in [-0.1, -0.05) is 23.4 Å². The van der Waals surface area contributed by atoms with E-state index in [0.29, 0.717) is 5.82 Å². The van der Waals surface area contributed by atoms with Crippen molar-refractivity contribution >= 4 is 16.9 Å². The van der Waals surface area contributed by atoms with Crippen LogP contribution in [0, 0.1) is 5.92 Å². The number of benzene rings is 1. The molecular formula is C15H15N5O2. The fourth-order valence-corrected chi connectivity index (χ4v) is 2.70. The first-order valence-electron chi connectivity index (χ1n) is 7.24. The summed E-state index contributed by atoms with van der Waals surface area (Å²) in [4.78, 5) is 12.3. The summed E-state index contributed by atoms with van der Waals surface area (Å²) >= 11 is 0. The van der Waals surface area contributed by atoms with Gasteiger partial charge in [0.05, 0.1) is 6.04 Å². The lowest BCUT2D eigenvalue weighted by molar-refractivity contribution is -0.123. The number of aromatic amines is 1. The lowest BCUT2D eigenvalue weighted by Crippen LogP contribution is -2.28. The minimum absolute atomic E-state index is 0.00255. The zero-order valence-electron chi connectivity index (χ0n) is 12.0. The molecule has 0 bridgehead atoms. The molecule has 4 rings (SSSR count). The number of nitrogens with one attached hydrogen (secondary N) is 2. The van der Waals surface area contributed by atoms with Crippen LogP contribution in [0.1, 0.15) is 36.9 Å². The van der Waals surface area contributed by atoms with Crippen LogP contribution < -0.4 is 5.32 Å². The second-order valence-corrected chi connectivity index (χ2v) is 5.64. The maximum atomic E-state index is 12.3. The molecule has 1 saturated carbocycles. The van der Waals surface area contributed by atoms with Gasteiger partial charge in [-0.05, 0) is 25.5 Å². The van der Waals surface area contributed by atoms with Crippen LogP contribution in [0.5, 0.6) is 0 Å². The third-order valence-corrected chi connectivity index (χ3v) is 4.05. The lowest BCUT2D eigenvalue weighted by atomic mass is 10.2. The highest BCUT2D eigenvalue weighted by Gasteiger charge is 2.47. The normalized spacial score (nSPS) is 21.7. The van der Waals surface area contributed by atoms with Crippen molar-refractivity contribution in [3.05, 3.63) is 41.9 Å². The minimum Gasteiger partial charge on any atom is -0.459 e. The van der Waals surface area contributed by atoms with Gasteiger partial charge in [-0.15, -0.1) is 10.2 Å². The van der Waals surface area contributed by atoms with E-state index in [1.54, 1.807) is 0 Å². The number of aromatic nitrogens is 4. The summed E-state index contributed by atoms with van der Waals surface area (Å²) in [7, 11) is 0. The van der Waals surface area contributed by atoms with Gasteiger partial charge >= 0.3 is 0 Å². The van der Waals surface area contributed by atoms with E-state index in [4.69, 9.17) is 4.42 Å². The van der Waals surface area contributed by atoms with Crippen LogP contribution in [0.3, 0.4) is 0 Å². The Morgan fingerprint density at radius 2 is 2.32 bits per heavy atom. The summed E-state index contributed by atoms with van der Waals surface area (Å²) in [5, 5.41) is 17.8. The molecule has 1 aliphatic rings. The highest BCUT2D eigenvalue weighted by molar-refractivity contribution is 5.83. The van der Waals surface area contributed by atoms with E-state index in [1.165, 1.54) is 0 Å². The van der Waals surface area contributed by atoms with Crippen molar-refractivity contribution < 1.29 is 9.21 Å². The van der Waals surface area contributed by atoms with E-state index in [1.807, 2.05) is 37.3 Å². The van der Waals surface area contributed by atoms with Crippen molar-refractivity contribution in [2.24, 2.45) is 5.92 Å². The van der Waals surface area contributed by atoms with E-state index >= 15 is 0 Å². The Kier molecular flexibility index (Phi) is 2.92. The summed E-state index contributed by atoms with van der Waals surface area (Å²) in [5.41, 5.74) is 0.828. The van der Waals surface area contributed by atoms with E-state index in [-0.39, 0.29) is 23.8 Å². The van der Waals surface area contributed by atoms with Gasteiger partial charge < -0.3 is 9.73 Å². The largest absolute Gasteiger partial charge is 0.459 e. The number of carbonyl (C=O) groups is 1. The number of nitrogens with zero attached hydrogens (tertiary/aromatic N) is 3. The Morgan fingerprint density at radius 3 is 3.09 bits per heavy atom. The number of fused-ring (bicyclic) bond motifs is 1. The molecule has 7 nitrogen and oxygen atoms in total. The molecule has 1 fully saturated rings. The number of amides is 1. The van der Waals surface area contributed by atoms with Gasteiger partial charge in [-0.25, -0.2) is 0 Å². The number of tetrazole rings is 1. The third kappa shape index (κ3) is 2.24. The standard InChI is InChI=1S/C15H15N5O2/c1-8(13-6-9-4-2-3-5-12(9)22-13)16-15(21)11-7-10(11)14-17-19-20-18-14/h2-6,8,10-11H,7H2,1H3,(H,16,21)(H,17,18,19,20)/t8-,10-,11+/m0/s1. The third-order valence-electron chi connectivity index (χ3n) is 4.05. The molecule has 7 heteroatoms. The molecule has 2 aromatic heterocycles. The maximum absolute atomic E-state index is 12.3. The van der Waals surface area contributed by atoms with Gasteiger partial charge in [-0.3, -0.25) is 4.79 Å². The number of hydrogen-bond acceptors (Lipinski definition) is 5. The molecule has 1 amide bonds. The van der Waals surface area contributed by atoms with Crippen molar-refractivity contribution in [2.75, 3.05) is 0 Å². The average molecular weight is 297 g/mol. The molecule has 0 unspecified atom stereocenters. The van der Waals surface area contributed by atoms with Crippen molar-refractivity contribution in [3.8, 4) is 0 Å². The first kappa shape index (κ1) is 13.0. The summed E-state index contributed by atoms with van der Waals surface area (Å²) in [6.45, 7) is 1.92. The van der Waals surface area contributed by atoms with Crippen LogP contribution in [0.25, 0.3) is 11.0 Å². The Hall–Kier alpha value is -2.70. The van der Waals surface area contributed by atoms with E-state index in [2.05, 4.69) is 25.9 Å². The first-order valence-corrected chi connectivity index (χ1v) is 7.24. The fourth-order valence-electron chi connectivity index (χ4n) is 2.70. The van der Waals surface area contributed by atoms with Gasteiger partial charge in [-0.2, -0.15) is 5.21 Å². The van der Waals surface area contributed by atoms with E-state index in [9.17, 15) is 4.79 Å². The van der Waals surface area contributed by atoms with Crippen molar-refractivity contribution in [2.45, 2.75) is 25.3 Å². The Balaban J connectivity index is 1.43. The van der Waals surface area contributed by atoms with Crippen LogP contribution in [0.2, 0.25) is 0 Å². The van der Waals surface area contributed by atoms with Crippen LogP contribution in [0.15, 0.2) is 34.7 Å². The fraction of sp³-hybridized carbons (Fsp3) is 0.333. The summed E-state index contributed by atoms with van der Waals surface area (Å²) in [5.74, 6) is 1.36. The smallest absolute Gasteiger partial charge is 0.224 e. The molecule has 0 aliphatic heterocycles. The summed E-state index contributed by atoms with van der Waals surface area (Å²) < 4.78 is 5.78. The predicted molar refractivity (Wildman–Crippen MR) is 77.8 cm³/mol. The molecule has 3 atom stereocenters. The molecule has 2 N–H and O–H groups in total. The second kappa shape index (κ2) is 4.94. The highest BCUT2D eigenvalue weighted by atomic mass is 16.3. The predicted octanol–water partition coefficient (Wildman–Crippen LogP) is 1.93. The molecule has 0 radical (unpaired) electrons. The molecule has 0 spiro atoms. The Bertz CT molecular complexity index is 777. The quantitative estimate of drug-likeness (QED) is 0.767. The topological polar surface area (TPSA) is 96.7 Å².